The molecule has 3 N–H and O–H groups in total. The second-order valence-electron chi connectivity index (χ2n) is 6.36. The van der Waals surface area contributed by atoms with Gasteiger partial charge in [-0.15, -0.1) is 0 Å². The summed E-state index contributed by atoms with van der Waals surface area (Å²) in [6.45, 7) is 5.15. The Bertz CT molecular complexity index is 711. The molecule has 7 nitrogen and oxygen atoms in total. The van der Waals surface area contributed by atoms with Crippen molar-refractivity contribution < 1.29 is 23.1 Å². The number of amides is 1. The smallest absolute Gasteiger partial charge is 0.303 e. The van der Waals surface area contributed by atoms with Gasteiger partial charge in [0.25, 0.3) is 0 Å². The van der Waals surface area contributed by atoms with Crippen molar-refractivity contribution in [2.75, 3.05) is 16.3 Å². The van der Waals surface area contributed by atoms with Gasteiger partial charge in [0.05, 0.1) is 18.4 Å². The van der Waals surface area contributed by atoms with Gasteiger partial charge in [-0.1, -0.05) is 19.9 Å². The van der Waals surface area contributed by atoms with Crippen LogP contribution in [0.4, 0.5) is 11.4 Å². The summed E-state index contributed by atoms with van der Waals surface area (Å²) in [6, 6.07) is 4.87. The number of sulfonamides is 1. The Kier molecular flexibility index (Phi) is 5.76. The predicted molar refractivity (Wildman–Crippen MR) is 88.9 cm³/mol. The highest BCUT2D eigenvalue weighted by Crippen LogP contribution is 2.26. The van der Waals surface area contributed by atoms with Gasteiger partial charge < -0.3 is 10.4 Å². The van der Waals surface area contributed by atoms with Crippen molar-refractivity contribution >= 4 is 33.3 Å². The molecule has 23 heavy (non-hydrogen) atoms. The van der Waals surface area contributed by atoms with Crippen LogP contribution in [0.3, 0.4) is 0 Å². The molecule has 1 aromatic rings. The van der Waals surface area contributed by atoms with Crippen molar-refractivity contribution in [3.8, 4) is 0 Å². The number of rotatable bonds is 7. The van der Waals surface area contributed by atoms with Gasteiger partial charge in [0, 0.05) is 12.1 Å². The number of benzene rings is 1. The molecule has 0 fully saturated rings. The molecule has 0 bridgehead atoms. The van der Waals surface area contributed by atoms with E-state index in [1.165, 1.54) is 6.07 Å². The van der Waals surface area contributed by atoms with Gasteiger partial charge in [0.15, 0.2) is 0 Å². The van der Waals surface area contributed by atoms with E-state index in [-0.39, 0.29) is 18.7 Å². The van der Waals surface area contributed by atoms with E-state index >= 15 is 0 Å². The fraction of sp³-hybridized carbons (Fsp3) is 0.467. The first kappa shape index (κ1) is 19.0. The van der Waals surface area contributed by atoms with E-state index in [0.29, 0.717) is 11.4 Å². The fourth-order valence-electron chi connectivity index (χ4n) is 2.12. The maximum absolute atomic E-state index is 12.0. The molecule has 0 heterocycles. The van der Waals surface area contributed by atoms with Gasteiger partial charge >= 0.3 is 5.97 Å². The van der Waals surface area contributed by atoms with E-state index in [9.17, 15) is 18.0 Å². The zero-order valence-electron chi connectivity index (χ0n) is 13.6. The van der Waals surface area contributed by atoms with Crippen molar-refractivity contribution in [2.45, 2.75) is 33.6 Å². The minimum absolute atomic E-state index is 0.0437. The van der Waals surface area contributed by atoms with Gasteiger partial charge in [-0.25, -0.2) is 8.42 Å². The highest BCUT2D eigenvalue weighted by atomic mass is 32.2. The number of carbonyl (C=O) groups is 2. The van der Waals surface area contributed by atoms with E-state index < -0.39 is 21.4 Å². The molecule has 0 unspecified atom stereocenters. The van der Waals surface area contributed by atoms with Crippen LogP contribution in [0.25, 0.3) is 0 Å². The van der Waals surface area contributed by atoms with Crippen LogP contribution in [0.1, 0.15) is 32.3 Å². The minimum Gasteiger partial charge on any atom is -0.481 e. The Labute approximate surface area is 136 Å². The standard InChI is InChI=1S/C15H22N2O5S/c1-10-5-6-11(7-12(10)17-23(4,21)22)16-13(18)8-15(2,3)9-14(19)20/h5-7,17H,8-9H2,1-4H3,(H,16,18)(H,19,20). The largest absolute Gasteiger partial charge is 0.481 e. The average molecular weight is 342 g/mol. The summed E-state index contributed by atoms with van der Waals surface area (Å²) >= 11 is 0. The second kappa shape index (κ2) is 6.99. The van der Waals surface area contributed by atoms with Crippen LogP contribution in [0.15, 0.2) is 18.2 Å². The Morgan fingerprint density at radius 2 is 1.83 bits per heavy atom. The maximum Gasteiger partial charge on any atom is 0.303 e. The summed E-state index contributed by atoms with van der Waals surface area (Å²) in [4.78, 5) is 22.8. The number of carboxylic acids is 1. The minimum atomic E-state index is -3.42. The highest BCUT2D eigenvalue weighted by molar-refractivity contribution is 7.92. The van der Waals surface area contributed by atoms with Crippen LogP contribution >= 0.6 is 0 Å². The first-order valence-electron chi connectivity index (χ1n) is 6.98. The first-order chi connectivity index (χ1) is 10.4. The lowest BCUT2D eigenvalue weighted by atomic mass is 9.85. The van der Waals surface area contributed by atoms with Crippen LogP contribution in [-0.4, -0.2) is 31.7 Å². The second-order valence-corrected chi connectivity index (χ2v) is 8.11. The van der Waals surface area contributed by atoms with Gasteiger partial charge in [-0.05, 0) is 30.0 Å². The topological polar surface area (TPSA) is 113 Å². The van der Waals surface area contributed by atoms with Gasteiger partial charge in [-0.3, -0.25) is 14.3 Å². The SMILES string of the molecule is Cc1ccc(NC(=O)CC(C)(C)CC(=O)O)cc1NS(C)(=O)=O. The number of anilines is 2. The fourth-order valence-corrected chi connectivity index (χ4v) is 2.74. The molecule has 8 heteroatoms. The number of hydrogen-bond donors (Lipinski definition) is 3. The Morgan fingerprint density at radius 1 is 1.22 bits per heavy atom. The summed E-state index contributed by atoms with van der Waals surface area (Å²) < 4.78 is 25.0. The van der Waals surface area contributed by atoms with Crippen LogP contribution in [0, 0.1) is 12.3 Å². The van der Waals surface area contributed by atoms with Crippen LogP contribution < -0.4 is 10.0 Å². The maximum atomic E-state index is 12.0. The van der Waals surface area contributed by atoms with Gasteiger partial charge in [-0.2, -0.15) is 0 Å². The molecule has 0 atom stereocenters. The third-order valence-corrected chi connectivity index (χ3v) is 3.68. The van der Waals surface area contributed by atoms with Crippen molar-refractivity contribution in [1.29, 1.82) is 0 Å². The normalized spacial score (nSPS) is 11.8. The molecule has 0 aliphatic carbocycles. The molecule has 128 valence electrons. The zero-order valence-corrected chi connectivity index (χ0v) is 14.5. The number of aliphatic carboxylic acids is 1. The molecule has 0 saturated carbocycles. The third-order valence-electron chi connectivity index (χ3n) is 3.09. The van der Waals surface area contributed by atoms with Crippen LogP contribution in [0.2, 0.25) is 0 Å². The first-order valence-corrected chi connectivity index (χ1v) is 8.87. The molecule has 0 saturated heterocycles. The molecular weight excluding hydrogens is 320 g/mol. The average Bonchev–Trinajstić information content (AvgIpc) is 2.28. The van der Waals surface area contributed by atoms with Crippen LogP contribution in [-0.2, 0) is 19.6 Å². The Morgan fingerprint density at radius 3 is 2.35 bits per heavy atom. The molecule has 0 aliphatic heterocycles. The number of aryl methyl sites for hydroxylation is 1. The molecule has 0 aromatic heterocycles. The number of carboxylic acid groups (broad SMARTS) is 1. The van der Waals surface area contributed by atoms with Crippen molar-refractivity contribution in [2.24, 2.45) is 5.41 Å². The molecule has 0 aliphatic rings. The summed E-state index contributed by atoms with van der Waals surface area (Å²) in [7, 11) is -3.42. The van der Waals surface area contributed by atoms with Crippen molar-refractivity contribution in [3.63, 3.8) is 0 Å². The summed E-state index contributed by atoms with van der Waals surface area (Å²) in [6.07, 6.45) is 0.976. The summed E-state index contributed by atoms with van der Waals surface area (Å²) in [5.41, 5.74) is 0.877. The Balaban J connectivity index is 2.83. The monoisotopic (exact) mass is 342 g/mol. The molecule has 1 aromatic carbocycles. The van der Waals surface area contributed by atoms with E-state index in [4.69, 9.17) is 5.11 Å². The van der Waals surface area contributed by atoms with Crippen molar-refractivity contribution in [3.05, 3.63) is 23.8 Å². The van der Waals surface area contributed by atoms with Gasteiger partial charge in [0.1, 0.15) is 0 Å². The van der Waals surface area contributed by atoms with Gasteiger partial charge in [0.2, 0.25) is 15.9 Å². The van der Waals surface area contributed by atoms with E-state index in [1.807, 2.05) is 0 Å². The highest BCUT2D eigenvalue weighted by Gasteiger charge is 2.25. The van der Waals surface area contributed by atoms with E-state index in [1.54, 1.807) is 32.9 Å². The molecular formula is C15H22N2O5S. The lowest BCUT2D eigenvalue weighted by Gasteiger charge is -2.21. The van der Waals surface area contributed by atoms with E-state index in [0.717, 1.165) is 11.8 Å². The summed E-state index contributed by atoms with van der Waals surface area (Å²) in [5, 5.41) is 11.5. The molecule has 0 radical (unpaired) electrons. The number of nitrogens with one attached hydrogen (secondary N) is 2. The molecule has 1 amide bonds. The van der Waals surface area contributed by atoms with Crippen LogP contribution in [0.5, 0.6) is 0 Å². The van der Waals surface area contributed by atoms with E-state index in [2.05, 4.69) is 10.0 Å². The Hall–Kier alpha value is -2.09. The number of hydrogen-bond acceptors (Lipinski definition) is 4. The molecule has 1 rings (SSSR count). The lowest BCUT2D eigenvalue weighted by Crippen LogP contribution is -2.24. The predicted octanol–water partition coefficient (Wildman–Crippen LogP) is 2.20. The lowest BCUT2D eigenvalue weighted by molar-refractivity contribution is -0.139. The molecule has 0 spiro atoms. The zero-order chi connectivity index (χ0) is 17.8. The van der Waals surface area contributed by atoms with Crippen molar-refractivity contribution in [1.82, 2.24) is 0 Å². The third kappa shape index (κ3) is 7.14. The number of carbonyl (C=O) groups excluding carboxylic acids is 1. The summed E-state index contributed by atoms with van der Waals surface area (Å²) in [5.74, 6) is -1.29. The quantitative estimate of drug-likeness (QED) is 0.703.